The molecule has 0 aromatic heterocycles. The number of rotatable bonds is 4. The highest BCUT2D eigenvalue weighted by Gasteiger charge is 2.41. The largest absolute Gasteiger partial charge is 0.396 e. The first-order valence-corrected chi connectivity index (χ1v) is 7.43. The first-order chi connectivity index (χ1) is 9.22. The van der Waals surface area contributed by atoms with E-state index in [2.05, 4.69) is 9.80 Å². The molecule has 0 saturated carbocycles. The van der Waals surface area contributed by atoms with Crippen LogP contribution in [0.25, 0.3) is 0 Å². The monoisotopic (exact) mass is 268 g/mol. The number of piperidine rings is 1. The van der Waals surface area contributed by atoms with Crippen molar-refractivity contribution in [3.05, 3.63) is 0 Å². The fourth-order valence-electron chi connectivity index (χ4n) is 3.58. The van der Waals surface area contributed by atoms with Crippen molar-refractivity contribution in [1.82, 2.24) is 9.80 Å². The molecule has 1 unspecified atom stereocenters. The fraction of sp³-hybridized carbons (Fsp3) is 0.929. The topological polar surface area (TPSA) is 53.0 Å². The Bertz CT molecular complexity index is 338. The second-order valence-electron chi connectivity index (χ2n) is 6.37. The van der Waals surface area contributed by atoms with Crippen molar-refractivity contribution in [1.29, 1.82) is 0 Å². The van der Waals surface area contributed by atoms with Crippen molar-refractivity contribution >= 4 is 5.91 Å². The third-order valence-corrected chi connectivity index (χ3v) is 4.74. The zero-order valence-electron chi connectivity index (χ0n) is 11.5. The predicted octanol–water partition coefficient (Wildman–Crippen LogP) is 0.0821. The first kappa shape index (κ1) is 13.3. The average Bonchev–Trinajstić information content (AvgIpc) is 2.80. The van der Waals surface area contributed by atoms with Crippen LogP contribution in [0.2, 0.25) is 0 Å². The summed E-state index contributed by atoms with van der Waals surface area (Å²) in [5.41, 5.74) is -0.0447. The van der Waals surface area contributed by atoms with Crippen LogP contribution in [0.4, 0.5) is 0 Å². The Morgan fingerprint density at radius 1 is 1.32 bits per heavy atom. The Kier molecular flexibility index (Phi) is 3.78. The smallest absolute Gasteiger partial charge is 0.222 e. The molecule has 0 aromatic rings. The Balaban J connectivity index is 1.57. The predicted molar refractivity (Wildman–Crippen MR) is 70.7 cm³/mol. The van der Waals surface area contributed by atoms with Crippen molar-refractivity contribution in [2.45, 2.75) is 31.7 Å². The number of aliphatic hydroxyl groups excluding tert-OH is 1. The fourth-order valence-corrected chi connectivity index (χ4v) is 3.58. The Hall–Kier alpha value is -0.650. The summed E-state index contributed by atoms with van der Waals surface area (Å²) in [4.78, 5) is 16.3. The van der Waals surface area contributed by atoms with E-state index in [1.54, 1.807) is 0 Å². The summed E-state index contributed by atoms with van der Waals surface area (Å²) in [5.74, 6) is 0.329. The number of hydrogen-bond acceptors (Lipinski definition) is 4. The number of aliphatic hydroxyl groups is 1. The Morgan fingerprint density at radius 2 is 2.16 bits per heavy atom. The molecule has 5 heteroatoms. The van der Waals surface area contributed by atoms with Gasteiger partial charge in [0.25, 0.3) is 0 Å². The van der Waals surface area contributed by atoms with Crippen LogP contribution in [0, 0.1) is 5.41 Å². The van der Waals surface area contributed by atoms with E-state index in [4.69, 9.17) is 4.74 Å². The van der Waals surface area contributed by atoms with Crippen molar-refractivity contribution in [3.63, 3.8) is 0 Å². The zero-order valence-corrected chi connectivity index (χ0v) is 11.5. The van der Waals surface area contributed by atoms with Crippen LogP contribution in [-0.4, -0.2) is 72.9 Å². The number of amides is 1. The number of carbonyl (C=O) groups is 1. The molecule has 3 rings (SSSR count). The molecule has 0 aromatic carbocycles. The van der Waals surface area contributed by atoms with E-state index < -0.39 is 0 Å². The van der Waals surface area contributed by atoms with Gasteiger partial charge in [0.2, 0.25) is 5.91 Å². The maximum atomic E-state index is 11.8. The molecule has 0 aliphatic carbocycles. The van der Waals surface area contributed by atoms with E-state index in [9.17, 15) is 9.90 Å². The van der Waals surface area contributed by atoms with E-state index in [1.807, 2.05) is 0 Å². The molecule has 108 valence electrons. The highest BCUT2D eigenvalue weighted by molar-refractivity contribution is 5.78. The summed E-state index contributed by atoms with van der Waals surface area (Å²) in [6, 6.07) is 0.389. The summed E-state index contributed by atoms with van der Waals surface area (Å²) in [6.07, 6.45) is 4.02. The molecule has 1 amide bonds. The van der Waals surface area contributed by atoms with Crippen LogP contribution >= 0.6 is 0 Å². The molecule has 3 aliphatic rings. The molecule has 0 bridgehead atoms. The highest BCUT2D eigenvalue weighted by atomic mass is 16.5. The number of nitrogens with zero attached hydrogens (tertiary/aromatic N) is 2. The average molecular weight is 268 g/mol. The number of hydrogen-bond donors (Lipinski definition) is 1. The van der Waals surface area contributed by atoms with Gasteiger partial charge < -0.3 is 19.6 Å². The molecule has 3 fully saturated rings. The third-order valence-electron chi connectivity index (χ3n) is 4.74. The molecular weight excluding hydrogens is 244 g/mol. The molecule has 3 aliphatic heterocycles. The minimum atomic E-state index is -0.0447. The van der Waals surface area contributed by atoms with Gasteiger partial charge in [0.05, 0.1) is 25.2 Å². The van der Waals surface area contributed by atoms with Gasteiger partial charge in [-0.15, -0.1) is 0 Å². The molecule has 19 heavy (non-hydrogen) atoms. The van der Waals surface area contributed by atoms with Crippen molar-refractivity contribution in [2.75, 3.05) is 46.0 Å². The van der Waals surface area contributed by atoms with Crippen molar-refractivity contribution < 1.29 is 14.6 Å². The lowest BCUT2D eigenvalue weighted by atomic mass is 9.85. The van der Waals surface area contributed by atoms with Crippen LogP contribution in [0.15, 0.2) is 0 Å². The van der Waals surface area contributed by atoms with E-state index in [1.165, 1.54) is 0 Å². The van der Waals surface area contributed by atoms with E-state index in [0.29, 0.717) is 25.2 Å². The normalized spacial score (nSPS) is 31.5. The van der Waals surface area contributed by atoms with Gasteiger partial charge in [-0.05, 0) is 25.8 Å². The zero-order chi connectivity index (χ0) is 13.3. The van der Waals surface area contributed by atoms with Gasteiger partial charge in [-0.2, -0.15) is 0 Å². The maximum absolute atomic E-state index is 11.8. The molecule has 1 atom stereocenters. The van der Waals surface area contributed by atoms with Crippen LogP contribution in [0.1, 0.15) is 25.7 Å². The first-order valence-electron chi connectivity index (χ1n) is 7.43. The molecule has 3 heterocycles. The number of ether oxygens (including phenoxy) is 1. The second kappa shape index (κ2) is 5.38. The van der Waals surface area contributed by atoms with Gasteiger partial charge in [0, 0.05) is 32.1 Å². The van der Waals surface area contributed by atoms with Crippen LogP contribution < -0.4 is 0 Å². The Labute approximate surface area is 114 Å². The lowest BCUT2D eigenvalue weighted by Crippen LogP contribution is -2.57. The van der Waals surface area contributed by atoms with E-state index in [0.717, 1.165) is 51.9 Å². The van der Waals surface area contributed by atoms with E-state index >= 15 is 0 Å². The quantitative estimate of drug-likeness (QED) is 0.785. The van der Waals surface area contributed by atoms with Gasteiger partial charge >= 0.3 is 0 Å². The van der Waals surface area contributed by atoms with Gasteiger partial charge in [-0.1, -0.05) is 0 Å². The van der Waals surface area contributed by atoms with Crippen molar-refractivity contribution in [2.24, 2.45) is 5.41 Å². The molecule has 0 radical (unpaired) electrons. The van der Waals surface area contributed by atoms with Gasteiger partial charge in [-0.25, -0.2) is 0 Å². The number of likely N-dealkylation sites (tertiary alicyclic amines) is 2. The van der Waals surface area contributed by atoms with Gasteiger partial charge in [0.1, 0.15) is 0 Å². The summed E-state index contributed by atoms with van der Waals surface area (Å²) in [7, 11) is 0. The minimum Gasteiger partial charge on any atom is -0.396 e. The highest BCUT2D eigenvalue weighted by Crippen LogP contribution is 2.30. The maximum Gasteiger partial charge on any atom is 0.222 e. The number of carbonyl (C=O) groups excluding carboxylic acids is 1. The molecule has 5 nitrogen and oxygen atoms in total. The summed E-state index contributed by atoms with van der Waals surface area (Å²) >= 11 is 0. The third kappa shape index (κ3) is 2.64. The summed E-state index contributed by atoms with van der Waals surface area (Å²) < 4.78 is 5.26. The molecule has 3 saturated heterocycles. The van der Waals surface area contributed by atoms with Gasteiger partial charge in [0.15, 0.2) is 0 Å². The lowest BCUT2D eigenvalue weighted by molar-refractivity contribution is -0.152. The van der Waals surface area contributed by atoms with E-state index in [-0.39, 0.29) is 12.0 Å². The van der Waals surface area contributed by atoms with Gasteiger partial charge in [-0.3, -0.25) is 4.79 Å². The molecule has 1 N–H and O–H groups in total. The summed E-state index contributed by atoms with van der Waals surface area (Å²) in [5, 5.41) is 9.52. The molecular formula is C14H24N2O3. The summed E-state index contributed by atoms with van der Waals surface area (Å²) in [6.45, 7) is 5.44. The van der Waals surface area contributed by atoms with Crippen LogP contribution in [0.3, 0.4) is 0 Å². The Morgan fingerprint density at radius 3 is 2.74 bits per heavy atom. The second-order valence-corrected chi connectivity index (χ2v) is 6.37. The van der Waals surface area contributed by atoms with Crippen molar-refractivity contribution in [3.8, 4) is 0 Å². The minimum absolute atomic E-state index is 0.0447. The van der Waals surface area contributed by atoms with Crippen LogP contribution in [-0.2, 0) is 9.53 Å². The molecule has 0 spiro atoms. The van der Waals surface area contributed by atoms with Crippen LogP contribution in [0.5, 0.6) is 0 Å². The SMILES string of the molecule is O=C1CCCN1C1CCCN(CC2(CO)COC2)C1. The lowest BCUT2D eigenvalue weighted by Gasteiger charge is -2.46. The standard InChI is InChI=1S/C14H24N2O3/c17-9-14(10-19-11-14)8-15-5-1-3-12(7-15)16-6-2-4-13(16)18/h12,17H,1-11H2.